The molecule has 0 fully saturated rings. The number of rotatable bonds is 10. The Kier molecular flexibility index (Phi) is 9.03. The number of unbranched alkanes of at least 4 members (excludes halogenated alkanes) is 3. The Morgan fingerprint density at radius 1 is 0.364 bits per heavy atom. The van der Waals surface area contributed by atoms with Crippen molar-refractivity contribution in [2.45, 2.75) is 52.9 Å². The minimum atomic E-state index is 0.673. The van der Waals surface area contributed by atoms with Crippen LogP contribution in [0, 0.1) is 13.8 Å². The first-order chi connectivity index (χ1) is 21.6. The third-order valence-corrected chi connectivity index (χ3v) is 8.22. The quantitative estimate of drug-likeness (QED) is 0.153. The molecule has 0 bridgehead atoms. The van der Waals surface area contributed by atoms with Crippen molar-refractivity contribution < 1.29 is 0 Å². The summed E-state index contributed by atoms with van der Waals surface area (Å²) in [5, 5.41) is 0. The molecule has 5 aromatic carbocycles. The highest BCUT2D eigenvalue weighted by molar-refractivity contribution is 5.72. The highest BCUT2D eigenvalue weighted by Gasteiger charge is 2.13. The lowest BCUT2D eigenvalue weighted by Gasteiger charge is -2.10. The topological polar surface area (TPSA) is 38.7 Å². The second kappa shape index (κ2) is 13.6. The zero-order valence-electron chi connectivity index (χ0n) is 25.9. The van der Waals surface area contributed by atoms with E-state index in [1.54, 1.807) is 0 Å². The zero-order valence-corrected chi connectivity index (χ0v) is 25.9. The summed E-state index contributed by atoms with van der Waals surface area (Å²) in [4.78, 5) is 14.9. The van der Waals surface area contributed by atoms with Crippen molar-refractivity contribution in [2.24, 2.45) is 0 Å². The van der Waals surface area contributed by atoms with Crippen LogP contribution in [-0.2, 0) is 6.42 Å². The van der Waals surface area contributed by atoms with Crippen LogP contribution in [0.3, 0.4) is 0 Å². The van der Waals surface area contributed by atoms with Gasteiger partial charge in [-0.25, -0.2) is 15.0 Å². The van der Waals surface area contributed by atoms with Gasteiger partial charge in [-0.3, -0.25) is 0 Å². The predicted octanol–water partition coefficient (Wildman–Crippen LogP) is 10.9. The lowest BCUT2D eigenvalue weighted by molar-refractivity contribution is 0.667. The molecule has 0 saturated carbocycles. The number of nitrogens with zero attached hydrogens (tertiary/aromatic N) is 3. The summed E-state index contributed by atoms with van der Waals surface area (Å²) >= 11 is 0. The molecule has 218 valence electrons. The van der Waals surface area contributed by atoms with Gasteiger partial charge in [-0.15, -0.1) is 0 Å². The van der Waals surface area contributed by atoms with Crippen LogP contribution < -0.4 is 0 Å². The van der Waals surface area contributed by atoms with Crippen LogP contribution in [0.2, 0.25) is 0 Å². The van der Waals surface area contributed by atoms with Crippen LogP contribution in [0.15, 0.2) is 121 Å². The molecule has 1 heterocycles. The minimum Gasteiger partial charge on any atom is -0.208 e. The summed E-state index contributed by atoms with van der Waals surface area (Å²) in [6.07, 6.45) is 6.17. The molecule has 0 amide bonds. The van der Waals surface area contributed by atoms with Gasteiger partial charge < -0.3 is 0 Å². The van der Waals surface area contributed by atoms with Gasteiger partial charge in [0, 0.05) is 16.7 Å². The van der Waals surface area contributed by atoms with Crippen LogP contribution in [0.1, 0.15) is 49.3 Å². The molecule has 0 atom stereocenters. The lowest BCUT2D eigenvalue weighted by Crippen LogP contribution is -2.00. The van der Waals surface area contributed by atoms with Gasteiger partial charge in [0.1, 0.15) is 0 Å². The maximum Gasteiger partial charge on any atom is 0.164 e. The Morgan fingerprint density at radius 3 is 1.05 bits per heavy atom. The first-order valence-electron chi connectivity index (χ1n) is 15.8. The fourth-order valence-electron chi connectivity index (χ4n) is 5.46. The van der Waals surface area contributed by atoms with Gasteiger partial charge in [0.15, 0.2) is 17.5 Å². The average molecular weight is 574 g/mol. The number of aryl methyl sites for hydroxylation is 3. The Balaban J connectivity index is 1.34. The third-order valence-electron chi connectivity index (χ3n) is 8.22. The molecule has 0 aliphatic carbocycles. The molecular formula is C41H39N3. The highest BCUT2D eigenvalue weighted by Crippen LogP contribution is 2.29. The number of hydrogen-bond donors (Lipinski definition) is 0. The molecule has 0 aliphatic heterocycles. The summed E-state index contributed by atoms with van der Waals surface area (Å²) in [5.41, 5.74) is 11.5. The highest BCUT2D eigenvalue weighted by atomic mass is 15.0. The van der Waals surface area contributed by atoms with Crippen LogP contribution >= 0.6 is 0 Å². The maximum absolute atomic E-state index is 4.98. The predicted molar refractivity (Wildman–Crippen MR) is 184 cm³/mol. The zero-order chi connectivity index (χ0) is 30.3. The lowest BCUT2D eigenvalue weighted by atomic mass is 10.0. The van der Waals surface area contributed by atoms with E-state index in [1.165, 1.54) is 64.6 Å². The van der Waals surface area contributed by atoms with Crippen LogP contribution in [0.4, 0.5) is 0 Å². The smallest absolute Gasteiger partial charge is 0.164 e. The normalized spacial score (nSPS) is 11.1. The van der Waals surface area contributed by atoms with Crippen LogP contribution in [-0.4, -0.2) is 15.0 Å². The summed E-state index contributed by atoms with van der Waals surface area (Å²) < 4.78 is 0. The van der Waals surface area contributed by atoms with Crippen molar-refractivity contribution in [1.29, 1.82) is 0 Å². The van der Waals surface area contributed by atoms with Crippen molar-refractivity contribution in [3.8, 4) is 56.4 Å². The summed E-state index contributed by atoms with van der Waals surface area (Å²) in [7, 11) is 0. The van der Waals surface area contributed by atoms with Gasteiger partial charge in [-0.1, -0.05) is 159 Å². The first kappa shape index (κ1) is 29.2. The monoisotopic (exact) mass is 573 g/mol. The minimum absolute atomic E-state index is 0.673. The van der Waals surface area contributed by atoms with E-state index in [2.05, 4.69) is 142 Å². The van der Waals surface area contributed by atoms with E-state index in [0.717, 1.165) is 23.1 Å². The molecule has 3 nitrogen and oxygen atoms in total. The maximum atomic E-state index is 4.98. The second-order valence-corrected chi connectivity index (χ2v) is 11.7. The number of aromatic nitrogens is 3. The fourth-order valence-corrected chi connectivity index (χ4v) is 5.46. The Labute approximate surface area is 261 Å². The molecular weight excluding hydrogens is 534 g/mol. The van der Waals surface area contributed by atoms with Gasteiger partial charge in [0.25, 0.3) is 0 Å². The molecule has 0 N–H and O–H groups in total. The van der Waals surface area contributed by atoms with E-state index < -0.39 is 0 Å². The molecule has 1 aromatic heterocycles. The van der Waals surface area contributed by atoms with Gasteiger partial charge in [0.05, 0.1) is 0 Å². The Hall–Kier alpha value is -4.89. The van der Waals surface area contributed by atoms with E-state index in [9.17, 15) is 0 Å². The molecule has 6 aromatic rings. The number of benzene rings is 5. The van der Waals surface area contributed by atoms with E-state index >= 15 is 0 Å². The summed E-state index contributed by atoms with van der Waals surface area (Å²) in [5.74, 6) is 2.03. The average Bonchev–Trinajstić information content (AvgIpc) is 3.08. The largest absolute Gasteiger partial charge is 0.208 e. The van der Waals surface area contributed by atoms with Crippen LogP contribution in [0.25, 0.3) is 56.4 Å². The van der Waals surface area contributed by atoms with Crippen molar-refractivity contribution >= 4 is 0 Å². The van der Waals surface area contributed by atoms with Crippen molar-refractivity contribution in [3.05, 3.63) is 138 Å². The molecule has 0 spiro atoms. The van der Waals surface area contributed by atoms with E-state index in [0.29, 0.717) is 17.5 Å². The standard InChI is InChI=1S/C41H39N3/c1-4-5-6-7-8-31-13-19-36(20-14-31)39-42-40(37-25-21-34(22-26-37)32-15-9-29(2)10-16-32)44-41(43-39)38-27-23-35(24-28-38)33-17-11-30(3)12-18-33/h9-28H,4-8H2,1-3H3. The van der Waals surface area contributed by atoms with E-state index in [1.807, 2.05) is 0 Å². The molecule has 0 aliphatic rings. The second-order valence-electron chi connectivity index (χ2n) is 11.7. The number of hydrogen-bond acceptors (Lipinski definition) is 3. The third kappa shape index (κ3) is 7.01. The van der Waals surface area contributed by atoms with Gasteiger partial charge in [-0.05, 0) is 54.5 Å². The molecule has 44 heavy (non-hydrogen) atoms. The van der Waals surface area contributed by atoms with Gasteiger partial charge >= 0.3 is 0 Å². The molecule has 0 unspecified atom stereocenters. The van der Waals surface area contributed by atoms with Gasteiger partial charge in [0.2, 0.25) is 0 Å². The van der Waals surface area contributed by atoms with Gasteiger partial charge in [-0.2, -0.15) is 0 Å². The van der Waals surface area contributed by atoms with E-state index in [4.69, 9.17) is 15.0 Å². The Morgan fingerprint density at radius 2 is 0.682 bits per heavy atom. The van der Waals surface area contributed by atoms with Crippen molar-refractivity contribution in [1.82, 2.24) is 15.0 Å². The SMILES string of the molecule is CCCCCCc1ccc(-c2nc(-c3ccc(-c4ccc(C)cc4)cc3)nc(-c3ccc(-c4ccc(C)cc4)cc3)n2)cc1. The van der Waals surface area contributed by atoms with Crippen molar-refractivity contribution in [3.63, 3.8) is 0 Å². The Bertz CT molecular complexity index is 1690. The fraction of sp³-hybridized carbons (Fsp3) is 0.195. The molecule has 6 rings (SSSR count). The summed E-state index contributed by atoms with van der Waals surface area (Å²) in [6, 6.07) is 43.0. The molecule has 3 heteroatoms. The molecule has 0 saturated heterocycles. The summed E-state index contributed by atoms with van der Waals surface area (Å²) in [6.45, 7) is 6.48. The van der Waals surface area contributed by atoms with E-state index in [-0.39, 0.29) is 0 Å². The van der Waals surface area contributed by atoms with Crippen molar-refractivity contribution in [2.75, 3.05) is 0 Å². The van der Waals surface area contributed by atoms with Crippen LogP contribution in [0.5, 0.6) is 0 Å². The molecule has 0 radical (unpaired) electrons. The first-order valence-corrected chi connectivity index (χ1v) is 15.8.